The second-order valence-electron chi connectivity index (χ2n) is 4.22. The van der Waals surface area contributed by atoms with Crippen molar-refractivity contribution in [2.45, 2.75) is 32.7 Å². The number of hydrogen-bond acceptors (Lipinski definition) is 2. The number of amides is 1. The first-order valence-corrected chi connectivity index (χ1v) is 5.45. The third-order valence-electron chi connectivity index (χ3n) is 1.48. The molecule has 0 bridgehead atoms. The Labute approximate surface area is 94.5 Å². The zero-order valence-corrected chi connectivity index (χ0v) is 10.7. The van der Waals surface area contributed by atoms with Crippen molar-refractivity contribution in [3.8, 4) is 0 Å². The van der Waals surface area contributed by atoms with Gasteiger partial charge in [-0.25, -0.2) is 0 Å². The highest BCUT2D eigenvalue weighted by atomic mass is 79.9. The molecule has 2 N–H and O–H groups in total. The number of rotatable bonds is 5. The van der Waals surface area contributed by atoms with E-state index < -0.39 is 0 Å². The van der Waals surface area contributed by atoms with E-state index in [0.717, 1.165) is 4.48 Å². The molecular weight excluding hydrogens is 244 g/mol. The molecule has 0 radical (unpaired) electrons. The summed E-state index contributed by atoms with van der Waals surface area (Å²) < 4.78 is 0.787. The predicted molar refractivity (Wildman–Crippen MR) is 63.4 cm³/mol. The van der Waals surface area contributed by atoms with Gasteiger partial charge in [0.15, 0.2) is 0 Å². The van der Waals surface area contributed by atoms with Gasteiger partial charge in [0.25, 0.3) is 0 Å². The highest BCUT2D eigenvalue weighted by molar-refractivity contribution is 9.11. The van der Waals surface area contributed by atoms with Crippen LogP contribution in [-0.4, -0.2) is 24.5 Å². The zero-order chi connectivity index (χ0) is 11.2. The number of carbonyl (C=O) groups excluding carboxylic acids is 1. The van der Waals surface area contributed by atoms with E-state index in [1.54, 1.807) is 0 Å². The lowest BCUT2D eigenvalue weighted by Gasteiger charge is -2.20. The lowest BCUT2D eigenvalue weighted by molar-refractivity contribution is -0.120. The summed E-state index contributed by atoms with van der Waals surface area (Å²) in [6.45, 7) is 11.0. The molecule has 1 amide bonds. The van der Waals surface area contributed by atoms with Crippen LogP contribution >= 0.6 is 15.9 Å². The summed E-state index contributed by atoms with van der Waals surface area (Å²) in [5.74, 6) is 0.0438. The summed E-state index contributed by atoms with van der Waals surface area (Å²) in [7, 11) is 0. The fraction of sp³-hybridized carbons (Fsp3) is 0.700. The Morgan fingerprint density at radius 1 is 1.43 bits per heavy atom. The molecule has 0 rings (SSSR count). The zero-order valence-electron chi connectivity index (χ0n) is 9.11. The van der Waals surface area contributed by atoms with E-state index in [0.29, 0.717) is 19.5 Å². The van der Waals surface area contributed by atoms with Crippen LogP contribution in [0.3, 0.4) is 0 Å². The second-order valence-corrected chi connectivity index (χ2v) is 5.34. The summed E-state index contributed by atoms with van der Waals surface area (Å²) in [6.07, 6.45) is 0.498. The highest BCUT2D eigenvalue weighted by Gasteiger charge is 2.09. The molecule has 0 aliphatic rings. The first kappa shape index (κ1) is 13.7. The second kappa shape index (κ2) is 6.19. The van der Waals surface area contributed by atoms with Crippen LogP contribution in [0.5, 0.6) is 0 Å². The van der Waals surface area contributed by atoms with E-state index in [2.05, 4.69) is 53.9 Å². The average Bonchev–Trinajstić information content (AvgIpc) is 1.98. The molecular formula is C10H19BrN2O. The lowest BCUT2D eigenvalue weighted by Crippen LogP contribution is -2.38. The third-order valence-corrected chi connectivity index (χ3v) is 1.77. The minimum atomic E-state index is 0.0438. The Kier molecular flexibility index (Phi) is 6.04. The average molecular weight is 263 g/mol. The van der Waals surface area contributed by atoms with Crippen LogP contribution in [0.15, 0.2) is 11.1 Å². The molecule has 0 aromatic heterocycles. The normalized spacial score (nSPS) is 11.1. The van der Waals surface area contributed by atoms with Gasteiger partial charge in [0.2, 0.25) is 5.91 Å². The van der Waals surface area contributed by atoms with Gasteiger partial charge in [-0.3, -0.25) is 4.79 Å². The maximum Gasteiger partial charge on any atom is 0.221 e. The maximum absolute atomic E-state index is 11.2. The standard InChI is InChI=1S/C10H19BrN2O/c1-8(11)7-12-9(14)5-6-13-10(2,3)4/h13H,1,5-7H2,2-4H3,(H,12,14). The maximum atomic E-state index is 11.2. The van der Waals surface area contributed by atoms with Crippen molar-refractivity contribution in [2.75, 3.05) is 13.1 Å². The van der Waals surface area contributed by atoms with E-state index in [4.69, 9.17) is 0 Å². The van der Waals surface area contributed by atoms with Gasteiger partial charge in [0.1, 0.15) is 0 Å². The Balaban J connectivity index is 3.50. The quantitative estimate of drug-likeness (QED) is 0.794. The van der Waals surface area contributed by atoms with Crippen LogP contribution in [0.25, 0.3) is 0 Å². The molecule has 0 spiro atoms. The van der Waals surface area contributed by atoms with Gasteiger partial charge >= 0.3 is 0 Å². The fourth-order valence-corrected chi connectivity index (χ4v) is 0.974. The molecule has 0 aliphatic heterocycles. The molecule has 0 aromatic carbocycles. The first-order valence-electron chi connectivity index (χ1n) is 4.66. The van der Waals surface area contributed by atoms with Gasteiger partial charge in [-0.05, 0) is 20.8 Å². The van der Waals surface area contributed by atoms with Gasteiger partial charge in [-0.2, -0.15) is 0 Å². The van der Waals surface area contributed by atoms with Crippen molar-refractivity contribution in [3.05, 3.63) is 11.1 Å². The first-order chi connectivity index (χ1) is 6.31. The summed E-state index contributed by atoms with van der Waals surface area (Å²) in [6, 6.07) is 0. The molecule has 0 aromatic rings. The molecule has 14 heavy (non-hydrogen) atoms. The molecule has 0 heterocycles. The van der Waals surface area contributed by atoms with Crippen LogP contribution in [0.2, 0.25) is 0 Å². The minimum absolute atomic E-state index is 0.0438. The predicted octanol–water partition coefficient (Wildman–Crippen LogP) is 1.79. The van der Waals surface area contributed by atoms with Crippen molar-refractivity contribution in [1.82, 2.24) is 10.6 Å². The van der Waals surface area contributed by atoms with E-state index in [1.807, 2.05) is 0 Å². The van der Waals surface area contributed by atoms with Crippen molar-refractivity contribution in [3.63, 3.8) is 0 Å². The summed E-state index contributed by atoms with van der Waals surface area (Å²) in [4.78, 5) is 11.2. The van der Waals surface area contributed by atoms with Crippen LogP contribution < -0.4 is 10.6 Å². The van der Waals surface area contributed by atoms with Gasteiger partial charge in [-0.15, -0.1) is 0 Å². The Morgan fingerprint density at radius 3 is 2.43 bits per heavy atom. The van der Waals surface area contributed by atoms with E-state index >= 15 is 0 Å². The van der Waals surface area contributed by atoms with Crippen molar-refractivity contribution < 1.29 is 4.79 Å². The number of carbonyl (C=O) groups is 1. The monoisotopic (exact) mass is 262 g/mol. The Hall–Kier alpha value is -0.350. The SMILES string of the molecule is C=C(Br)CNC(=O)CCNC(C)(C)C. The van der Waals surface area contributed by atoms with Gasteiger partial charge in [0.05, 0.1) is 0 Å². The molecule has 0 fully saturated rings. The third kappa shape index (κ3) is 9.74. The highest BCUT2D eigenvalue weighted by Crippen LogP contribution is 1.99. The van der Waals surface area contributed by atoms with E-state index in [-0.39, 0.29) is 11.4 Å². The van der Waals surface area contributed by atoms with Crippen LogP contribution in [0.1, 0.15) is 27.2 Å². The summed E-state index contributed by atoms with van der Waals surface area (Å²) in [5, 5.41) is 5.99. The largest absolute Gasteiger partial charge is 0.351 e. The number of halogens is 1. The smallest absolute Gasteiger partial charge is 0.221 e. The topological polar surface area (TPSA) is 41.1 Å². The van der Waals surface area contributed by atoms with Crippen molar-refractivity contribution in [1.29, 1.82) is 0 Å². The van der Waals surface area contributed by atoms with Gasteiger partial charge < -0.3 is 10.6 Å². The van der Waals surface area contributed by atoms with Gasteiger partial charge in [-0.1, -0.05) is 22.5 Å². The number of hydrogen-bond donors (Lipinski definition) is 2. The van der Waals surface area contributed by atoms with Crippen molar-refractivity contribution >= 4 is 21.8 Å². The molecule has 0 saturated carbocycles. The van der Waals surface area contributed by atoms with Gasteiger partial charge in [0, 0.05) is 29.5 Å². The minimum Gasteiger partial charge on any atom is -0.351 e. The summed E-state index contributed by atoms with van der Waals surface area (Å²) >= 11 is 3.18. The molecule has 82 valence electrons. The lowest BCUT2D eigenvalue weighted by atomic mass is 10.1. The van der Waals surface area contributed by atoms with Crippen LogP contribution in [0.4, 0.5) is 0 Å². The number of nitrogens with one attached hydrogen (secondary N) is 2. The molecule has 4 heteroatoms. The molecule has 0 atom stereocenters. The van der Waals surface area contributed by atoms with Crippen LogP contribution in [0, 0.1) is 0 Å². The summed E-state index contributed by atoms with van der Waals surface area (Å²) in [5.41, 5.74) is 0.0688. The molecule has 0 aliphatic carbocycles. The van der Waals surface area contributed by atoms with E-state index in [1.165, 1.54) is 0 Å². The van der Waals surface area contributed by atoms with Crippen LogP contribution in [-0.2, 0) is 4.79 Å². The Bertz CT molecular complexity index is 209. The molecule has 0 saturated heterocycles. The Morgan fingerprint density at radius 2 is 2.00 bits per heavy atom. The molecule has 3 nitrogen and oxygen atoms in total. The fourth-order valence-electron chi connectivity index (χ4n) is 0.834. The van der Waals surface area contributed by atoms with E-state index in [9.17, 15) is 4.79 Å². The van der Waals surface area contributed by atoms with Crippen molar-refractivity contribution in [2.24, 2.45) is 0 Å². The molecule has 0 unspecified atom stereocenters.